The standard InChI is InChI=1S/C34H35ClFN3O4S/c1-3-25(2)37-34(41)32(22-26-12-6-4-7-13-26)38(23-27-14-10-11-17-31(27)36)33(40)24-39(29-15-8-5-9-16-29)44(42,43)30-20-18-28(35)19-21-30/h4-21,25,32H,3,22-24H2,1-2H3,(H,37,41)/t25-,32-/m1/s1. The Balaban J connectivity index is 1.80. The van der Waals surface area contributed by atoms with Crippen molar-refractivity contribution >= 4 is 39.1 Å². The van der Waals surface area contributed by atoms with Gasteiger partial charge in [0.15, 0.2) is 0 Å². The summed E-state index contributed by atoms with van der Waals surface area (Å²) in [4.78, 5) is 29.4. The smallest absolute Gasteiger partial charge is 0.264 e. The highest BCUT2D eigenvalue weighted by molar-refractivity contribution is 7.92. The Kier molecular flexibility index (Phi) is 11.1. The highest BCUT2D eigenvalue weighted by atomic mass is 35.5. The van der Waals surface area contributed by atoms with Gasteiger partial charge in [0.05, 0.1) is 10.6 Å². The quantitative estimate of drug-likeness (QED) is 0.189. The number of rotatable bonds is 13. The van der Waals surface area contributed by atoms with Gasteiger partial charge in [-0.3, -0.25) is 13.9 Å². The first-order chi connectivity index (χ1) is 21.1. The summed E-state index contributed by atoms with van der Waals surface area (Å²) in [6, 6.07) is 27.8. The number of carbonyl (C=O) groups is 2. The van der Waals surface area contributed by atoms with Crippen molar-refractivity contribution < 1.29 is 22.4 Å². The highest BCUT2D eigenvalue weighted by Crippen LogP contribution is 2.26. The SMILES string of the molecule is CC[C@@H](C)NC(=O)[C@@H](Cc1ccccc1)N(Cc1ccccc1F)C(=O)CN(c1ccccc1)S(=O)(=O)c1ccc(Cl)cc1. The molecule has 4 aromatic carbocycles. The van der Waals surface area contributed by atoms with E-state index in [4.69, 9.17) is 11.6 Å². The number of nitrogens with zero attached hydrogens (tertiary/aromatic N) is 2. The summed E-state index contributed by atoms with van der Waals surface area (Å²) in [6.07, 6.45) is 0.796. The fourth-order valence-electron chi connectivity index (χ4n) is 4.66. The molecule has 0 saturated carbocycles. The molecule has 0 aliphatic heterocycles. The minimum absolute atomic E-state index is 0.0606. The van der Waals surface area contributed by atoms with Crippen LogP contribution in [0.25, 0.3) is 0 Å². The summed E-state index contributed by atoms with van der Waals surface area (Å²) in [7, 11) is -4.26. The molecular weight excluding hydrogens is 601 g/mol. The normalized spacial score (nSPS) is 12.6. The molecule has 0 fully saturated rings. The second-order valence-corrected chi connectivity index (χ2v) is 12.7. The largest absolute Gasteiger partial charge is 0.352 e. The lowest BCUT2D eigenvalue weighted by atomic mass is 10.0. The second kappa shape index (κ2) is 15.0. The van der Waals surface area contributed by atoms with Crippen molar-refractivity contribution in [1.29, 1.82) is 0 Å². The van der Waals surface area contributed by atoms with Crippen molar-refractivity contribution in [2.45, 2.75) is 50.2 Å². The molecule has 0 radical (unpaired) electrons. The van der Waals surface area contributed by atoms with E-state index < -0.39 is 40.2 Å². The van der Waals surface area contributed by atoms with Gasteiger partial charge in [-0.2, -0.15) is 0 Å². The van der Waals surface area contributed by atoms with Crippen LogP contribution in [0.1, 0.15) is 31.4 Å². The maximum absolute atomic E-state index is 15.0. The molecule has 0 aliphatic carbocycles. The predicted molar refractivity (Wildman–Crippen MR) is 171 cm³/mol. The van der Waals surface area contributed by atoms with Gasteiger partial charge in [0, 0.05) is 29.6 Å². The summed E-state index contributed by atoms with van der Waals surface area (Å²) in [5, 5.41) is 3.32. The molecule has 230 valence electrons. The number of sulfonamides is 1. The van der Waals surface area contributed by atoms with E-state index in [2.05, 4.69) is 5.32 Å². The van der Waals surface area contributed by atoms with Crippen LogP contribution >= 0.6 is 11.6 Å². The van der Waals surface area contributed by atoms with E-state index in [0.717, 1.165) is 9.87 Å². The third-order valence-electron chi connectivity index (χ3n) is 7.30. The maximum atomic E-state index is 15.0. The first-order valence-corrected chi connectivity index (χ1v) is 16.1. The van der Waals surface area contributed by atoms with Gasteiger partial charge in [0.1, 0.15) is 18.4 Å². The number of hydrogen-bond donors (Lipinski definition) is 1. The van der Waals surface area contributed by atoms with Crippen LogP contribution in [0.15, 0.2) is 114 Å². The number of nitrogens with one attached hydrogen (secondary N) is 1. The summed E-state index contributed by atoms with van der Waals surface area (Å²) in [5.74, 6) is -1.63. The van der Waals surface area contributed by atoms with Crippen LogP contribution in [0, 0.1) is 5.82 Å². The number of anilines is 1. The van der Waals surface area contributed by atoms with E-state index in [9.17, 15) is 22.4 Å². The van der Waals surface area contributed by atoms with Crippen LogP contribution in [0.4, 0.5) is 10.1 Å². The third kappa shape index (κ3) is 8.24. The molecular formula is C34H35ClFN3O4S. The van der Waals surface area contributed by atoms with Crippen LogP contribution < -0.4 is 9.62 Å². The molecule has 1 N–H and O–H groups in total. The number of carbonyl (C=O) groups excluding carboxylic acids is 2. The van der Waals surface area contributed by atoms with E-state index in [-0.39, 0.29) is 35.2 Å². The van der Waals surface area contributed by atoms with Gasteiger partial charge in [-0.15, -0.1) is 0 Å². The lowest BCUT2D eigenvalue weighted by Crippen LogP contribution is -2.54. The van der Waals surface area contributed by atoms with Crippen molar-refractivity contribution in [1.82, 2.24) is 10.2 Å². The minimum Gasteiger partial charge on any atom is -0.352 e. The van der Waals surface area contributed by atoms with E-state index in [0.29, 0.717) is 11.4 Å². The number of halogens is 2. The topological polar surface area (TPSA) is 86.8 Å². The van der Waals surface area contributed by atoms with Gasteiger partial charge in [-0.25, -0.2) is 12.8 Å². The fraction of sp³-hybridized carbons (Fsp3) is 0.235. The molecule has 0 aliphatic rings. The molecule has 4 aromatic rings. The molecule has 0 spiro atoms. The number of benzene rings is 4. The Labute approximate surface area is 263 Å². The van der Waals surface area contributed by atoms with E-state index in [1.165, 1.54) is 41.3 Å². The Bertz CT molecular complexity index is 1660. The summed E-state index contributed by atoms with van der Waals surface area (Å²) in [6.45, 7) is 2.90. The monoisotopic (exact) mass is 635 g/mol. The Morgan fingerprint density at radius 1 is 0.864 bits per heavy atom. The van der Waals surface area contributed by atoms with E-state index in [1.807, 2.05) is 44.2 Å². The number of para-hydroxylation sites is 1. The van der Waals surface area contributed by atoms with Gasteiger partial charge >= 0.3 is 0 Å². The Hall–Kier alpha value is -4.21. The van der Waals surface area contributed by atoms with Gasteiger partial charge in [-0.05, 0) is 61.4 Å². The summed E-state index contributed by atoms with van der Waals surface area (Å²) in [5.41, 5.74) is 1.24. The molecule has 0 saturated heterocycles. The minimum atomic E-state index is -4.26. The van der Waals surface area contributed by atoms with Crippen LogP contribution in [0.5, 0.6) is 0 Å². The van der Waals surface area contributed by atoms with Crippen molar-refractivity contribution in [3.05, 3.63) is 131 Å². The van der Waals surface area contributed by atoms with Crippen molar-refractivity contribution in [2.75, 3.05) is 10.8 Å². The van der Waals surface area contributed by atoms with Gasteiger partial charge in [-0.1, -0.05) is 85.3 Å². The zero-order chi connectivity index (χ0) is 31.7. The molecule has 0 unspecified atom stereocenters. The first-order valence-electron chi connectivity index (χ1n) is 14.3. The third-order valence-corrected chi connectivity index (χ3v) is 9.34. The average Bonchev–Trinajstić information content (AvgIpc) is 3.03. The predicted octanol–water partition coefficient (Wildman–Crippen LogP) is 6.23. The zero-order valence-corrected chi connectivity index (χ0v) is 26.1. The average molecular weight is 636 g/mol. The molecule has 0 bridgehead atoms. The molecule has 0 heterocycles. The van der Waals surface area contributed by atoms with Crippen LogP contribution in [0.3, 0.4) is 0 Å². The molecule has 0 aromatic heterocycles. The highest BCUT2D eigenvalue weighted by Gasteiger charge is 2.35. The Morgan fingerprint density at radius 3 is 2.07 bits per heavy atom. The van der Waals surface area contributed by atoms with E-state index >= 15 is 0 Å². The van der Waals surface area contributed by atoms with Crippen LogP contribution in [-0.4, -0.2) is 43.8 Å². The van der Waals surface area contributed by atoms with Gasteiger partial charge in [0.2, 0.25) is 11.8 Å². The molecule has 7 nitrogen and oxygen atoms in total. The summed E-state index contributed by atoms with van der Waals surface area (Å²) >= 11 is 6.01. The van der Waals surface area contributed by atoms with Crippen LogP contribution in [0.2, 0.25) is 5.02 Å². The Morgan fingerprint density at radius 2 is 1.45 bits per heavy atom. The van der Waals surface area contributed by atoms with Crippen molar-refractivity contribution in [3.63, 3.8) is 0 Å². The lowest BCUT2D eigenvalue weighted by Gasteiger charge is -2.34. The number of amides is 2. The maximum Gasteiger partial charge on any atom is 0.264 e. The van der Waals surface area contributed by atoms with Crippen LogP contribution in [-0.2, 0) is 32.6 Å². The number of hydrogen-bond acceptors (Lipinski definition) is 4. The second-order valence-electron chi connectivity index (χ2n) is 10.4. The molecule has 2 amide bonds. The molecule has 10 heteroatoms. The first kappa shape index (κ1) is 32.7. The van der Waals surface area contributed by atoms with Gasteiger partial charge in [0.25, 0.3) is 10.0 Å². The summed E-state index contributed by atoms with van der Waals surface area (Å²) < 4.78 is 43.9. The lowest BCUT2D eigenvalue weighted by molar-refractivity contribution is -0.140. The fourth-order valence-corrected chi connectivity index (χ4v) is 6.20. The molecule has 4 rings (SSSR count). The zero-order valence-electron chi connectivity index (χ0n) is 24.6. The van der Waals surface area contributed by atoms with Gasteiger partial charge < -0.3 is 10.2 Å². The van der Waals surface area contributed by atoms with E-state index in [1.54, 1.807) is 42.5 Å². The van der Waals surface area contributed by atoms with Crippen molar-refractivity contribution in [2.24, 2.45) is 0 Å². The molecule has 44 heavy (non-hydrogen) atoms. The van der Waals surface area contributed by atoms with Crippen molar-refractivity contribution in [3.8, 4) is 0 Å². The molecule has 2 atom stereocenters.